The lowest BCUT2D eigenvalue weighted by molar-refractivity contribution is -0.138. The lowest BCUT2D eigenvalue weighted by Crippen LogP contribution is -2.49. The molecule has 3 atom stereocenters. The van der Waals surface area contributed by atoms with E-state index in [2.05, 4.69) is 0 Å². The van der Waals surface area contributed by atoms with Crippen molar-refractivity contribution in [3.63, 3.8) is 0 Å². The zero-order valence-corrected chi connectivity index (χ0v) is 13.3. The first kappa shape index (κ1) is 17.0. The molecule has 0 aromatic rings. The van der Waals surface area contributed by atoms with Gasteiger partial charge in [0, 0.05) is 0 Å². The van der Waals surface area contributed by atoms with Gasteiger partial charge in [0.2, 0.25) is 5.91 Å². The molecule has 0 aromatic heterocycles. The Morgan fingerprint density at radius 1 is 1.40 bits per heavy atom. The maximum Gasteiger partial charge on any atom is 0.417 e. The topological polar surface area (TPSA) is 66.8 Å². The van der Waals surface area contributed by atoms with Crippen molar-refractivity contribution in [1.82, 2.24) is 4.90 Å². The smallest absolute Gasteiger partial charge is 0.417 e. The number of hydrogen-bond donors (Lipinski definition) is 1. The summed E-state index contributed by atoms with van der Waals surface area (Å²) in [6.45, 7) is 11.8. The fourth-order valence-electron chi connectivity index (χ4n) is 2.37. The second-order valence-electron chi connectivity index (χ2n) is 7.15. The van der Waals surface area contributed by atoms with Gasteiger partial charge < -0.3 is 9.84 Å². The van der Waals surface area contributed by atoms with Crippen LogP contribution in [0.4, 0.5) is 4.79 Å². The molecule has 0 aliphatic carbocycles. The number of rotatable bonds is 4. The molecule has 5 heteroatoms. The highest BCUT2D eigenvalue weighted by Crippen LogP contribution is 2.31. The van der Waals surface area contributed by atoms with Gasteiger partial charge in [0.25, 0.3) is 0 Å². The van der Waals surface area contributed by atoms with Gasteiger partial charge in [0.1, 0.15) is 6.61 Å². The summed E-state index contributed by atoms with van der Waals surface area (Å²) >= 11 is 0. The summed E-state index contributed by atoms with van der Waals surface area (Å²) in [4.78, 5) is 25.5. The number of imide groups is 1. The Labute approximate surface area is 121 Å². The van der Waals surface area contributed by atoms with Crippen LogP contribution in [0, 0.1) is 17.3 Å². The Hall–Kier alpha value is -1.10. The largest absolute Gasteiger partial charge is 0.447 e. The standard InChI is InChI=1S/C15H27NO4/c1-9(2)7-11(17)10(3)13(18)16-12(15(4,5)6)8-20-14(16)19/h9-12,17H,7-8H2,1-6H3/t10-,11+,12-/m1/s1. The number of hydrogen-bond acceptors (Lipinski definition) is 4. The van der Waals surface area contributed by atoms with Gasteiger partial charge >= 0.3 is 6.09 Å². The Balaban J connectivity index is 2.85. The van der Waals surface area contributed by atoms with Crippen LogP contribution in [0.2, 0.25) is 0 Å². The van der Waals surface area contributed by atoms with Crippen LogP contribution in [0.25, 0.3) is 0 Å². The quantitative estimate of drug-likeness (QED) is 0.861. The summed E-state index contributed by atoms with van der Waals surface area (Å²) in [5.74, 6) is -0.655. The summed E-state index contributed by atoms with van der Waals surface area (Å²) in [6.07, 6.45) is -0.800. The lowest BCUT2D eigenvalue weighted by Gasteiger charge is -2.33. The zero-order valence-electron chi connectivity index (χ0n) is 13.3. The summed E-state index contributed by atoms with van der Waals surface area (Å²) < 4.78 is 5.02. The highest BCUT2D eigenvalue weighted by atomic mass is 16.6. The molecule has 1 fully saturated rings. The molecule has 1 rings (SSSR count). The van der Waals surface area contributed by atoms with Gasteiger partial charge in [0.05, 0.1) is 18.1 Å². The molecule has 0 aromatic carbocycles. The van der Waals surface area contributed by atoms with Crippen LogP contribution in [-0.4, -0.2) is 40.8 Å². The van der Waals surface area contributed by atoms with Crippen LogP contribution in [0.15, 0.2) is 0 Å². The number of aliphatic hydroxyl groups is 1. The first-order valence-electron chi connectivity index (χ1n) is 7.23. The van der Waals surface area contributed by atoms with Crippen molar-refractivity contribution >= 4 is 12.0 Å². The van der Waals surface area contributed by atoms with Crippen molar-refractivity contribution in [3.05, 3.63) is 0 Å². The van der Waals surface area contributed by atoms with E-state index in [-0.39, 0.29) is 24.0 Å². The second-order valence-corrected chi connectivity index (χ2v) is 7.15. The first-order chi connectivity index (χ1) is 9.05. The minimum atomic E-state index is -0.739. The van der Waals surface area contributed by atoms with E-state index in [1.807, 2.05) is 34.6 Å². The summed E-state index contributed by atoms with van der Waals surface area (Å²) in [7, 11) is 0. The number of amides is 2. The van der Waals surface area contributed by atoms with Crippen LogP contribution in [0.3, 0.4) is 0 Å². The van der Waals surface area contributed by atoms with Crippen molar-refractivity contribution in [3.8, 4) is 0 Å². The van der Waals surface area contributed by atoms with Gasteiger partial charge in [-0.3, -0.25) is 4.79 Å². The predicted molar refractivity (Wildman–Crippen MR) is 76.1 cm³/mol. The van der Waals surface area contributed by atoms with Gasteiger partial charge in [-0.2, -0.15) is 0 Å². The highest BCUT2D eigenvalue weighted by molar-refractivity contribution is 5.95. The van der Waals surface area contributed by atoms with Gasteiger partial charge in [-0.25, -0.2) is 9.69 Å². The molecule has 0 radical (unpaired) electrons. The van der Waals surface area contributed by atoms with Crippen LogP contribution >= 0.6 is 0 Å². The fourth-order valence-corrected chi connectivity index (χ4v) is 2.37. The van der Waals surface area contributed by atoms with Gasteiger partial charge in [-0.15, -0.1) is 0 Å². The van der Waals surface area contributed by atoms with E-state index < -0.39 is 18.1 Å². The monoisotopic (exact) mass is 285 g/mol. The maximum atomic E-state index is 12.5. The number of carbonyl (C=O) groups is 2. The first-order valence-corrected chi connectivity index (χ1v) is 7.23. The number of aliphatic hydroxyl groups excluding tert-OH is 1. The Kier molecular flexibility index (Phi) is 5.19. The van der Waals surface area contributed by atoms with Crippen LogP contribution in [0.5, 0.6) is 0 Å². The summed E-state index contributed by atoms with van der Waals surface area (Å²) in [6, 6.07) is -0.281. The molecule has 0 bridgehead atoms. The average molecular weight is 285 g/mol. The molecule has 1 aliphatic rings. The number of nitrogens with zero attached hydrogens (tertiary/aromatic N) is 1. The number of carbonyl (C=O) groups excluding carboxylic acids is 2. The lowest BCUT2D eigenvalue weighted by atomic mass is 9.85. The zero-order chi connectivity index (χ0) is 15.7. The van der Waals surface area contributed by atoms with Crippen molar-refractivity contribution in [1.29, 1.82) is 0 Å². The minimum absolute atomic E-state index is 0.223. The molecule has 1 heterocycles. The highest BCUT2D eigenvalue weighted by Gasteiger charge is 2.46. The molecule has 1 saturated heterocycles. The second kappa shape index (κ2) is 6.12. The normalized spacial score (nSPS) is 22.9. The van der Waals surface area contributed by atoms with E-state index in [4.69, 9.17) is 4.74 Å². The molecule has 0 saturated carbocycles. The molecule has 116 valence electrons. The average Bonchev–Trinajstić information content (AvgIpc) is 2.68. The Bertz CT molecular complexity index is 373. The minimum Gasteiger partial charge on any atom is -0.447 e. The van der Waals surface area contributed by atoms with E-state index >= 15 is 0 Å². The Morgan fingerprint density at radius 3 is 2.40 bits per heavy atom. The molecule has 2 amide bonds. The molecule has 1 N–H and O–H groups in total. The van der Waals surface area contributed by atoms with Crippen molar-refractivity contribution in [2.24, 2.45) is 17.3 Å². The van der Waals surface area contributed by atoms with E-state index in [1.54, 1.807) is 6.92 Å². The van der Waals surface area contributed by atoms with E-state index in [0.29, 0.717) is 12.3 Å². The molecule has 0 spiro atoms. The molecular weight excluding hydrogens is 258 g/mol. The van der Waals surface area contributed by atoms with Crippen molar-refractivity contribution < 1.29 is 19.4 Å². The third-order valence-electron chi connectivity index (χ3n) is 3.79. The number of ether oxygens (including phenoxy) is 1. The van der Waals surface area contributed by atoms with E-state index in [1.165, 1.54) is 4.90 Å². The molecular formula is C15H27NO4. The van der Waals surface area contributed by atoms with Gasteiger partial charge in [0.15, 0.2) is 0 Å². The van der Waals surface area contributed by atoms with Crippen molar-refractivity contribution in [2.45, 2.75) is 60.1 Å². The van der Waals surface area contributed by atoms with Crippen LogP contribution < -0.4 is 0 Å². The SMILES string of the molecule is CC(C)C[C@H](O)[C@@H](C)C(=O)N1C(=O)OC[C@@H]1C(C)(C)C. The molecule has 0 unspecified atom stereocenters. The summed E-state index contributed by atoms with van der Waals surface area (Å²) in [5, 5.41) is 10.1. The third kappa shape index (κ3) is 3.72. The third-order valence-corrected chi connectivity index (χ3v) is 3.79. The van der Waals surface area contributed by atoms with Crippen LogP contribution in [0.1, 0.15) is 48.0 Å². The van der Waals surface area contributed by atoms with Crippen molar-refractivity contribution in [2.75, 3.05) is 6.61 Å². The molecule has 5 nitrogen and oxygen atoms in total. The van der Waals surface area contributed by atoms with E-state index in [9.17, 15) is 14.7 Å². The van der Waals surface area contributed by atoms with E-state index in [0.717, 1.165) is 0 Å². The van der Waals surface area contributed by atoms with Crippen LogP contribution in [-0.2, 0) is 9.53 Å². The molecule has 20 heavy (non-hydrogen) atoms. The fraction of sp³-hybridized carbons (Fsp3) is 0.867. The maximum absolute atomic E-state index is 12.5. The predicted octanol–water partition coefficient (Wildman–Crippen LogP) is 2.42. The van der Waals surface area contributed by atoms with Gasteiger partial charge in [-0.1, -0.05) is 41.5 Å². The Morgan fingerprint density at radius 2 is 1.95 bits per heavy atom. The van der Waals surface area contributed by atoms with Gasteiger partial charge in [-0.05, 0) is 17.8 Å². The summed E-state index contributed by atoms with van der Waals surface area (Å²) in [5.41, 5.74) is -0.245. The molecule has 1 aliphatic heterocycles. The number of cyclic esters (lactones) is 1.